The van der Waals surface area contributed by atoms with E-state index in [9.17, 15) is 9.59 Å². The number of ether oxygens (including phenoxy) is 3. The molecule has 0 bridgehead atoms. The molecule has 3 aromatic rings. The van der Waals surface area contributed by atoms with Crippen LogP contribution in [0.5, 0.6) is 17.2 Å². The topological polar surface area (TPSA) is 68.3 Å². The van der Waals surface area contributed by atoms with Gasteiger partial charge in [-0.25, -0.2) is 0 Å². The number of fused-ring (bicyclic) bond motifs is 1. The van der Waals surface area contributed by atoms with E-state index in [4.69, 9.17) is 14.2 Å². The van der Waals surface area contributed by atoms with E-state index >= 15 is 0 Å². The average Bonchev–Trinajstić information content (AvgIpc) is 3.54. The summed E-state index contributed by atoms with van der Waals surface area (Å²) < 4.78 is 16.4. The molecule has 4 rings (SSSR count). The first-order valence-electron chi connectivity index (χ1n) is 10.9. The van der Waals surface area contributed by atoms with E-state index in [2.05, 4.69) is 6.58 Å². The lowest BCUT2D eigenvalue weighted by Crippen LogP contribution is -2.44. The Morgan fingerprint density at radius 1 is 0.971 bits per heavy atom. The van der Waals surface area contributed by atoms with Gasteiger partial charge in [-0.3, -0.25) is 9.59 Å². The minimum atomic E-state index is -0.281. The Kier molecular flexibility index (Phi) is 7.83. The highest BCUT2D eigenvalue weighted by Gasteiger charge is 2.23. The Morgan fingerprint density at radius 2 is 1.79 bits per heavy atom. The normalized spacial score (nSPS) is 11.6. The van der Waals surface area contributed by atoms with Gasteiger partial charge in [0.05, 0.1) is 6.54 Å². The van der Waals surface area contributed by atoms with Crippen LogP contribution in [0.2, 0.25) is 0 Å². The summed E-state index contributed by atoms with van der Waals surface area (Å²) in [6.45, 7) is 4.78. The Balaban J connectivity index is 1.44. The van der Waals surface area contributed by atoms with Crippen molar-refractivity contribution in [1.29, 1.82) is 0 Å². The minimum Gasteiger partial charge on any atom is -0.484 e. The van der Waals surface area contributed by atoms with Gasteiger partial charge in [0.1, 0.15) is 12.3 Å². The smallest absolute Gasteiger partial charge is 0.261 e. The van der Waals surface area contributed by atoms with Crippen molar-refractivity contribution in [2.45, 2.75) is 13.1 Å². The van der Waals surface area contributed by atoms with Crippen LogP contribution in [-0.2, 0) is 22.7 Å². The first-order valence-corrected chi connectivity index (χ1v) is 11.8. The van der Waals surface area contributed by atoms with Crippen molar-refractivity contribution in [3.63, 3.8) is 0 Å². The fourth-order valence-corrected chi connectivity index (χ4v) is 4.23. The van der Waals surface area contributed by atoms with Gasteiger partial charge in [0, 0.05) is 18.0 Å². The lowest BCUT2D eigenvalue weighted by atomic mass is 10.2. The molecule has 2 aromatic carbocycles. The van der Waals surface area contributed by atoms with Gasteiger partial charge < -0.3 is 24.0 Å². The molecule has 2 amide bonds. The number of nitrogens with zero attached hydrogens (tertiary/aromatic N) is 2. The average molecular weight is 479 g/mol. The summed E-state index contributed by atoms with van der Waals surface area (Å²) >= 11 is 1.59. The molecule has 0 unspecified atom stereocenters. The molecule has 0 saturated carbocycles. The monoisotopic (exact) mass is 478 g/mol. The molecular formula is C26H26N2O5S. The maximum Gasteiger partial charge on any atom is 0.261 e. The molecule has 176 valence electrons. The zero-order chi connectivity index (χ0) is 23.8. The van der Waals surface area contributed by atoms with Crippen LogP contribution in [0, 0.1) is 0 Å². The van der Waals surface area contributed by atoms with Crippen molar-refractivity contribution in [3.8, 4) is 17.2 Å². The van der Waals surface area contributed by atoms with Gasteiger partial charge in [0.2, 0.25) is 12.7 Å². The van der Waals surface area contributed by atoms with Crippen LogP contribution in [-0.4, -0.2) is 48.1 Å². The van der Waals surface area contributed by atoms with Gasteiger partial charge in [0.25, 0.3) is 5.91 Å². The van der Waals surface area contributed by atoms with Crippen molar-refractivity contribution in [2.24, 2.45) is 0 Å². The van der Waals surface area contributed by atoms with Crippen molar-refractivity contribution in [1.82, 2.24) is 9.80 Å². The van der Waals surface area contributed by atoms with E-state index in [1.807, 2.05) is 53.9 Å². The Labute approximate surface area is 202 Å². The van der Waals surface area contributed by atoms with Crippen molar-refractivity contribution >= 4 is 23.2 Å². The second-order valence-corrected chi connectivity index (χ2v) is 8.71. The number of rotatable bonds is 11. The summed E-state index contributed by atoms with van der Waals surface area (Å²) in [6, 6.07) is 18.7. The largest absolute Gasteiger partial charge is 0.484 e. The van der Waals surface area contributed by atoms with E-state index in [0.717, 1.165) is 10.4 Å². The molecule has 34 heavy (non-hydrogen) atoms. The summed E-state index contributed by atoms with van der Waals surface area (Å²) in [5.41, 5.74) is 0.920. The van der Waals surface area contributed by atoms with Gasteiger partial charge in [-0.2, -0.15) is 0 Å². The standard InChI is InChI=1S/C26H26N2O5S/c1-2-12-27(26(30)18-31-21-7-4-3-5-8-21)17-25(29)28(16-22-9-6-13-34-22)15-20-10-11-23-24(14-20)33-19-32-23/h2-11,13-14H,1,12,15-19H2. The molecule has 2 heterocycles. The van der Waals surface area contributed by atoms with Crippen LogP contribution in [0.4, 0.5) is 0 Å². The van der Waals surface area contributed by atoms with Gasteiger partial charge in [-0.1, -0.05) is 36.4 Å². The SMILES string of the molecule is C=CCN(CC(=O)N(Cc1ccc2c(c1)OCO2)Cc1cccs1)C(=O)COc1ccccc1. The maximum absolute atomic E-state index is 13.4. The highest BCUT2D eigenvalue weighted by atomic mass is 32.1. The first-order chi connectivity index (χ1) is 16.6. The molecule has 0 aliphatic carbocycles. The van der Waals surface area contributed by atoms with Crippen LogP contribution in [0.25, 0.3) is 0 Å². The predicted octanol–water partition coefficient (Wildman–Crippen LogP) is 4.10. The number of amides is 2. The quantitative estimate of drug-likeness (QED) is 0.388. The molecule has 0 fully saturated rings. The van der Waals surface area contributed by atoms with Gasteiger partial charge in [-0.15, -0.1) is 17.9 Å². The zero-order valence-electron chi connectivity index (χ0n) is 18.7. The van der Waals surface area contributed by atoms with E-state index < -0.39 is 0 Å². The molecule has 0 N–H and O–H groups in total. The number of hydrogen-bond donors (Lipinski definition) is 0. The fraction of sp³-hybridized carbons (Fsp3) is 0.231. The highest BCUT2D eigenvalue weighted by Crippen LogP contribution is 2.33. The van der Waals surface area contributed by atoms with Gasteiger partial charge >= 0.3 is 0 Å². The second kappa shape index (κ2) is 11.4. The summed E-state index contributed by atoms with van der Waals surface area (Å²) in [5.74, 6) is 1.52. The Bertz CT molecular complexity index is 1120. The minimum absolute atomic E-state index is 0.0705. The summed E-state index contributed by atoms with van der Waals surface area (Å²) in [4.78, 5) is 30.5. The van der Waals surface area contributed by atoms with Crippen molar-refractivity contribution in [2.75, 3.05) is 26.5 Å². The lowest BCUT2D eigenvalue weighted by Gasteiger charge is -2.27. The summed E-state index contributed by atoms with van der Waals surface area (Å²) in [5, 5.41) is 1.98. The molecule has 1 aliphatic heterocycles. The summed E-state index contributed by atoms with van der Waals surface area (Å²) in [6.07, 6.45) is 1.61. The Hall–Kier alpha value is -3.78. The third kappa shape index (κ3) is 6.17. The number of para-hydroxylation sites is 1. The fourth-order valence-electron chi connectivity index (χ4n) is 3.51. The second-order valence-electron chi connectivity index (χ2n) is 7.68. The van der Waals surface area contributed by atoms with Crippen LogP contribution in [0.3, 0.4) is 0 Å². The van der Waals surface area contributed by atoms with Gasteiger partial charge in [-0.05, 0) is 41.3 Å². The van der Waals surface area contributed by atoms with E-state index in [0.29, 0.717) is 30.3 Å². The number of benzene rings is 2. The van der Waals surface area contributed by atoms with E-state index in [1.54, 1.807) is 34.4 Å². The van der Waals surface area contributed by atoms with Crippen LogP contribution >= 0.6 is 11.3 Å². The molecule has 7 nitrogen and oxygen atoms in total. The molecule has 1 aromatic heterocycles. The number of carbonyl (C=O) groups excluding carboxylic acids is 2. The van der Waals surface area contributed by atoms with Crippen LogP contribution in [0.1, 0.15) is 10.4 Å². The van der Waals surface area contributed by atoms with Crippen molar-refractivity contribution < 1.29 is 23.8 Å². The molecule has 0 radical (unpaired) electrons. The molecule has 0 spiro atoms. The first kappa shape index (κ1) is 23.4. The predicted molar refractivity (Wildman–Crippen MR) is 130 cm³/mol. The molecule has 0 atom stereocenters. The van der Waals surface area contributed by atoms with E-state index in [1.165, 1.54) is 4.90 Å². The maximum atomic E-state index is 13.4. The lowest BCUT2D eigenvalue weighted by molar-refractivity contribution is -0.141. The Morgan fingerprint density at radius 3 is 2.56 bits per heavy atom. The highest BCUT2D eigenvalue weighted by molar-refractivity contribution is 7.09. The third-order valence-corrected chi connectivity index (χ3v) is 6.08. The third-order valence-electron chi connectivity index (χ3n) is 5.22. The number of hydrogen-bond acceptors (Lipinski definition) is 6. The van der Waals surface area contributed by atoms with E-state index in [-0.39, 0.29) is 38.3 Å². The summed E-state index contributed by atoms with van der Waals surface area (Å²) in [7, 11) is 0. The van der Waals surface area contributed by atoms with Gasteiger partial charge in [0.15, 0.2) is 18.1 Å². The molecule has 0 saturated heterocycles. The van der Waals surface area contributed by atoms with Crippen LogP contribution in [0.15, 0.2) is 78.7 Å². The molecule has 1 aliphatic rings. The zero-order valence-corrected chi connectivity index (χ0v) is 19.5. The molecule has 8 heteroatoms. The number of carbonyl (C=O) groups is 2. The van der Waals surface area contributed by atoms with Crippen LogP contribution < -0.4 is 14.2 Å². The number of thiophene rings is 1. The molecular weight excluding hydrogens is 452 g/mol. The van der Waals surface area contributed by atoms with Crippen molar-refractivity contribution in [3.05, 3.63) is 89.1 Å².